The number of carbonyl (C=O) groups excluding carboxylic acids is 1. The van der Waals surface area contributed by atoms with Crippen molar-refractivity contribution < 1.29 is 32.6 Å². The number of fused-ring (bicyclic) bond motifs is 1. The van der Waals surface area contributed by atoms with E-state index in [1.807, 2.05) is 23.4 Å². The summed E-state index contributed by atoms with van der Waals surface area (Å²) in [7, 11) is 0. The van der Waals surface area contributed by atoms with Gasteiger partial charge in [-0.05, 0) is 24.6 Å². The number of aromatic nitrogens is 5. The number of aromatic amines is 1. The molecule has 0 bridgehead atoms. The largest absolute Gasteiger partial charge is 0.490 e. The highest BCUT2D eigenvalue weighted by molar-refractivity contribution is 5.92. The SMILES string of the molecule is O=C(O)C(F)(F)F.O=C(c1ccn[nH]1)N1CCCn2cnc(COc3cccnc3)c2C1. The molecule has 4 rings (SSSR count). The van der Waals surface area contributed by atoms with E-state index in [2.05, 4.69) is 24.7 Å². The van der Waals surface area contributed by atoms with E-state index in [4.69, 9.17) is 14.6 Å². The van der Waals surface area contributed by atoms with Crippen LogP contribution in [-0.4, -0.2) is 59.3 Å². The number of alkyl halides is 3. The second-order valence-corrected chi connectivity index (χ2v) is 6.66. The molecule has 170 valence electrons. The Labute approximate surface area is 179 Å². The highest BCUT2D eigenvalue weighted by atomic mass is 19.4. The van der Waals surface area contributed by atoms with Crippen LogP contribution in [0.4, 0.5) is 13.2 Å². The van der Waals surface area contributed by atoms with Crippen LogP contribution in [0.5, 0.6) is 5.75 Å². The molecule has 32 heavy (non-hydrogen) atoms. The average molecular weight is 452 g/mol. The van der Waals surface area contributed by atoms with Crippen LogP contribution < -0.4 is 4.74 Å². The number of aliphatic carboxylic acids is 1. The minimum absolute atomic E-state index is 0.0497. The first-order valence-corrected chi connectivity index (χ1v) is 9.40. The summed E-state index contributed by atoms with van der Waals surface area (Å²) < 4.78 is 39.6. The van der Waals surface area contributed by atoms with E-state index in [0.29, 0.717) is 31.1 Å². The first-order valence-electron chi connectivity index (χ1n) is 9.40. The fraction of sp³-hybridized carbons (Fsp3) is 0.316. The summed E-state index contributed by atoms with van der Waals surface area (Å²) in [5.41, 5.74) is 2.35. The Hall–Kier alpha value is -3.90. The van der Waals surface area contributed by atoms with Crippen molar-refractivity contribution in [1.29, 1.82) is 0 Å². The summed E-state index contributed by atoms with van der Waals surface area (Å²) in [4.78, 5) is 31.8. The van der Waals surface area contributed by atoms with Gasteiger partial charge >= 0.3 is 12.1 Å². The van der Waals surface area contributed by atoms with Crippen LogP contribution in [0, 0.1) is 0 Å². The zero-order valence-electron chi connectivity index (χ0n) is 16.6. The number of nitrogens with zero attached hydrogens (tertiary/aromatic N) is 5. The second-order valence-electron chi connectivity index (χ2n) is 6.66. The lowest BCUT2D eigenvalue weighted by Crippen LogP contribution is -2.31. The number of pyridine rings is 1. The number of hydrogen-bond acceptors (Lipinski definition) is 6. The average Bonchev–Trinajstić information content (AvgIpc) is 3.38. The number of rotatable bonds is 4. The summed E-state index contributed by atoms with van der Waals surface area (Å²) in [6.45, 7) is 2.38. The predicted molar refractivity (Wildman–Crippen MR) is 102 cm³/mol. The first-order chi connectivity index (χ1) is 15.3. The van der Waals surface area contributed by atoms with Gasteiger partial charge in [0.1, 0.15) is 23.7 Å². The Balaban J connectivity index is 0.000000360. The van der Waals surface area contributed by atoms with Gasteiger partial charge in [-0.25, -0.2) is 9.78 Å². The molecule has 3 aromatic heterocycles. The molecule has 0 saturated heterocycles. The third kappa shape index (κ3) is 5.83. The molecule has 13 heteroatoms. The van der Waals surface area contributed by atoms with Crippen LogP contribution in [0.1, 0.15) is 28.3 Å². The Kier molecular flexibility index (Phi) is 7.07. The molecule has 0 fully saturated rings. The number of nitrogens with one attached hydrogen (secondary N) is 1. The summed E-state index contributed by atoms with van der Waals surface area (Å²) in [5, 5.41) is 13.7. The highest BCUT2D eigenvalue weighted by Gasteiger charge is 2.38. The maximum Gasteiger partial charge on any atom is 0.490 e. The van der Waals surface area contributed by atoms with Gasteiger partial charge in [-0.3, -0.25) is 14.9 Å². The van der Waals surface area contributed by atoms with Crippen molar-refractivity contribution in [2.45, 2.75) is 32.3 Å². The zero-order chi connectivity index (χ0) is 23.1. The number of hydrogen-bond donors (Lipinski definition) is 2. The monoisotopic (exact) mass is 452 g/mol. The van der Waals surface area contributed by atoms with E-state index in [1.165, 1.54) is 0 Å². The fourth-order valence-electron chi connectivity index (χ4n) is 2.94. The third-order valence-corrected chi connectivity index (χ3v) is 4.47. The number of amides is 1. The standard InChI is InChI=1S/C17H18N6O2.C2HF3O2/c24-17(14-4-6-20-21-14)22-7-2-8-23-12-19-15(16(23)10-22)11-25-13-3-1-5-18-9-13;3-2(4,5)1(6)7/h1,3-6,9,12H,2,7-8,10-11H2,(H,20,21);(H,6,7). The van der Waals surface area contributed by atoms with Crippen molar-refractivity contribution in [3.05, 3.63) is 60.2 Å². The predicted octanol–water partition coefficient (Wildman–Crippen LogP) is 2.26. The topological polar surface area (TPSA) is 126 Å². The van der Waals surface area contributed by atoms with Crippen LogP contribution in [0.2, 0.25) is 0 Å². The van der Waals surface area contributed by atoms with Gasteiger partial charge < -0.3 is 19.3 Å². The molecule has 2 N–H and O–H groups in total. The summed E-state index contributed by atoms with van der Waals surface area (Å²) in [5.74, 6) is -2.11. The van der Waals surface area contributed by atoms with Gasteiger partial charge in [0.2, 0.25) is 0 Å². The maximum atomic E-state index is 12.6. The molecule has 0 spiro atoms. The molecule has 0 radical (unpaired) electrons. The van der Waals surface area contributed by atoms with Gasteiger partial charge in [-0.2, -0.15) is 18.3 Å². The molecule has 0 aliphatic carbocycles. The lowest BCUT2D eigenvalue weighted by atomic mass is 10.2. The van der Waals surface area contributed by atoms with Crippen molar-refractivity contribution in [2.75, 3.05) is 6.54 Å². The van der Waals surface area contributed by atoms with Gasteiger partial charge in [0.15, 0.2) is 0 Å². The van der Waals surface area contributed by atoms with Crippen molar-refractivity contribution in [3.8, 4) is 5.75 Å². The van der Waals surface area contributed by atoms with Crippen molar-refractivity contribution in [1.82, 2.24) is 29.6 Å². The van der Waals surface area contributed by atoms with Crippen LogP contribution in [0.15, 0.2) is 43.1 Å². The van der Waals surface area contributed by atoms with E-state index in [0.717, 1.165) is 24.4 Å². The van der Waals surface area contributed by atoms with Gasteiger partial charge in [0.05, 0.1) is 24.8 Å². The molecule has 4 heterocycles. The fourth-order valence-corrected chi connectivity index (χ4v) is 2.94. The number of H-pyrrole nitrogens is 1. The summed E-state index contributed by atoms with van der Waals surface area (Å²) in [6.07, 6.45) is 2.58. The molecule has 0 unspecified atom stereocenters. The maximum absolute atomic E-state index is 12.6. The van der Waals surface area contributed by atoms with Crippen molar-refractivity contribution >= 4 is 11.9 Å². The van der Waals surface area contributed by atoms with Gasteiger partial charge in [0.25, 0.3) is 5.91 Å². The van der Waals surface area contributed by atoms with Gasteiger partial charge in [0, 0.05) is 25.5 Å². The Bertz CT molecular complexity index is 1040. The molecule has 3 aromatic rings. The second kappa shape index (κ2) is 9.94. The third-order valence-electron chi connectivity index (χ3n) is 4.47. The molecule has 0 saturated carbocycles. The van der Waals surface area contributed by atoms with E-state index in [-0.39, 0.29) is 5.91 Å². The molecule has 10 nitrogen and oxygen atoms in total. The molecule has 1 aliphatic rings. The Morgan fingerprint density at radius 2 is 2.00 bits per heavy atom. The summed E-state index contributed by atoms with van der Waals surface area (Å²) in [6, 6.07) is 5.38. The molecule has 1 amide bonds. The molecule has 0 aromatic carbocycles. The van der Waals surface area contributed by atoms with Gasteiger partial charge in [-0.1, -0.05) is 0 Å². The normalized spacial score (nSPS) is 13.4. The van der Waals surface area contributed by atoms with E-state index < -0.39 is 12.1 Å². The van der Waals surface area contributed by atoms with E-state index in [1.54, 1.807) is 24.7 Å². The van der Waals surface area contributed by atoms with Crippen molar-refractivity contribution in [3.63, 3.8) is 0 Å². The van der Waals surface area contributed by atoms with Crippen LogP contribution in [0.3, 0.4) is 0 Å². The number of carboxylic acid groups (broad SMARTS) is 1. The number of imidazole rings is 1. The molecule has 0 atom stereocenters. The molecular formula is C19H19F3N6O4. The van der Waals surface area contributed by atoms with E-state index >= 15 is 0 Å². The van der Waals surface area contributed by atoms with Crippen molar-refractivity contribution in [2.24, 2.45) is 0 Å². The van der Waals surface area contributed by atoms with Gasteiger partial charge in [-0.15, -0.1) is 0 Å². The number of carboxylic acids is 1. The zero-order valence-corrected chi connectivity index (χ0v) is 16.6. The smallest absolute Gasteiger partial charge is 0.486 e. The number of ether oxygens (including phenoxy) is 1. The minimum Gasteiger partial charge on any atom is -0.486 e. The van der Waals surface area contributed by atoms with E-state index in [9.17, 15) is 18.0 Å². The number of carbonyl (C=O) groups is 2. The van der Waals surface area contributed by atoms with Crippen LogP contribution in [-0.2, 0) is 24.5 Å². The first kappa shape index (κ1) is 22.8. The quantitative estimate of drug-likeness (QED) is 0.622. The lowest BCUT2D eigenvalue weighted by molar-refractivity contribution is -0.192. The minimum atomic E-state index is -5.08. The lowest BCUT2D eigenvalue weighted by Gasteiger charge is -2.19. The number of aryl methyl sites for hydroxylation is 1. The highest BCUT2D eigenvalue weighted by Crippen LogP contribution is 2.19. The van der Waals surface area contributed by atoms with Crippen LogP contribution >= 0.6 is 0 Å². The molecular weight excluding hydrogens is 433 g/mol. The Morgan fingerprint density at radius 3 is 2.62 bits per heavy atom. The Morgan fingerprint density at radius 1 is 1.22 bits per heavy atom. The van der Waals surface area contributed by atoms with Crippen LogP contribution in [0.25, 0.3) is 0 Å². The number of halogens is 3. The summed E-state index contributed by atoms with van der Waals surface area (Å²) >= 11 is 0. The molecule has 1 aliphatic heterocycles.